The summed E-state index contributed by atoms with van der Waals surface area (Å²) in [5.74, 6) is 0. The maximum atomic E-state index is 3.87. The third-order valence-electron chi connectivity index (χ3n) is 6.93. The van der Waals surface area contributed by atoms with Gasteiger partial charge in [0.25, 0.3) is 0 Å². The Morgan fingerprint density at radius 1 is 0.645 bits per heavy atom. The van der Waals surface area contributed by atoms with Crippen molar-refractivity contribution in [1.29, 1.82) is 0 Å². The van der Waals surface area contributed by atoms with E-state index < -0.39 is 0 Å². The zero-order valence-electron chi connectivity index (χ0n) is 16.5. The van der Waals surface area contributed by atoms with Crippen LogP contribution in [0.4, 0.5) is 0 Å². The van der Waals surface area contributed by atoms with Crippen LogP contribution in [0.5, 0.6) is 0 Å². The van der Waals surface area contributed by atoms with E-state index in [0.717, 1.165) is 8.96 Å². The first-order valence-electron chi connectivity index (χ1n) is 10.4. The summed E-state index contributed by atoms with van der Waals surface area (Å²) < 4.78 is 2.28. The molecule has 0 heterocycles. The number of fused-ring (bicyclic) bond motifs is 10. The minimum absolute atomic E-state index is 0.306. The predicted molar refractivity (Wildman–Crippen MR) is 137 cm³/mol. The van der Waals surface area contributed by atoms with Crippen LogP contribution in [0.15, 0.2) is 106 Å². The van der Waals surface area contributed by atoms with Crippen molar-refractivity contribution in [3.05, 3.63) is 127 Å². The SMILES string of the molecule is BrC1=CC2(C3=c4cc(Br)c5ccccc5c4=CC3=C1)c1ccccc1-c1ccccc12. The van der Waals surface area contributed by atoms with E-state index in [0.29, 0.717) is 0 Å². The minimum Gasteiger partial charge on any atom is -0.0619 e. The molecule has 1 spiro atoms. The summed E-state index contributed by atoms with van der Waals surface area (Å²) in [6, 6.07) is 28.8. The molecule has 3 aliphatic carbocycles. The van der Waals surface area contributed by atoms with Crippen LogP contribution >= 0.6 is 31.9 Å². The van der Waals surface area contributed by atoms with Crippen molar-refractivity contribution in [3.8, 4) is 11.1 Å². The van der Waals surface area contributed by atoms with Crippen LogP contribution in [0.3, 0.4) is 0 Å². The van der Waals surface area contributed by atoms with E-state index in [1.807, 2.05) is 0 Å². The lowest BCUT2D eigenvalue weighted by Gasteiger charge is -2.34. The number of hydrogen-bond acceptors (Lipinski definition) is 0. The molecule has 0 fully saturated rings. The summed E-state index contributed by atoms with van der Waals surface area (Å²) >= 11 is 7.73. The van der Waals surface area contributed by atoms with Gasteiger partial charge >= 0.3 is 0 Å². The maximum Gasteiger partial charge on any atom is 0.0669 e. The average Bonchev–Trinajstić information content (AvgIpc) is 3.29. The first-order valence-corrected chi connectivity index (χ1v) is 12.0. The van der Waals surface area contributed by atoms with Gasteiger partial charge in [-0.2, -0.15) is 0 Å². The van der Waals surface area contributed by atoms with Gasteiger partial charge < -0.3 is 0 Å². The van der Waals surface area contributed by atoms with E-state index in [4.69, 9.17) is 0 Å². The molecule has 2 heteroatoms. The van der Waals surface area contributed by atoms with Gasteiger partial charge in [-0.05, 0) is 72.8 Å². The molecule has 4 aromatic carbocycles. The van der Waals surface area contributed by atoms with Crippen LogP contribution in [-0.2, 0) is 5.41 Å². The van der Waals surface area contributed by atoms with E-state index in [1.54, 1.807) is 0 Å². The van der Waals surface area contributed by atoms with Gasteiger partial charge in [-0.1, -0.05) is 111 Å². The topological polar surface area (TPSA) is 0 Å². The van der Waals surface area contributed by atoms with Gasteiger partial charge in [0.15, 0.2) is 0 Å². The Labute approximate surface area is 197 Å². The molecule has 0 unspecified atom stereocenters. The van der Waals surface area contributed by atoms with E-state index in [9.17, 15) is 0 Å². The van der Waals surface area contributed by atoms with Crippen molar-refractivity contribution in [2.75, 3.05) is 0 Å². The molecule has 0 aliphatic heterocycles. The Balaban J connectivity index is 1.74. The van der Waals surface area contributed by atoms with E-state index in [1.165, 1.54) is 54.6 Å². The quantitative estimate of drug-likeness (QED) is 0.239. The molecule has 31 heavy (non-hydrogen) atoms. The van der Waals surface area contributed by atoms with E-state index >= 15 is 0 Å². The third-order valence-corrected chi connectivity index (χ3v) is 8.04. The third kappa shape index (κ3) is 2.20. The molecular weight excluding hydrogens is 508 g/mol. The molecule has 3 aliphatic rings. The van der Waals surface area contributed by atoms with Crippen molar-refractivity contribution >= 4 is 54.3 Å². The molecule has 0 saturated carbocycles. The van der Waals surface area contributed by atoms with Gasteiger partial charge in [0.1, 0.15) is 0 Å². The van der Waals surface area contributed by atoms with Crippen LogP contribution in [0.2, 0.25) is 0 Å². The molecule has 0 N–H and O–H groups in total. The zero-order chi connectivity index (χ0) is 20.7. The van der Waals surface area contributed by atoms with Gasteiger partial charge in [-0.25, -0.2) is 0 Å². The molecule has 0 amide bonds. The molecule has 0 bridgehead atoms. The molecule has 146 valence electrons. The largest absolute Gasteiger partial charge is 0.0669 e. The molecule has 0 atom stereocenters. The molecular formula is C29H16Br2. The lowest BCUT2D eigenvalue weighted by molar-refractivity contribution is 0.858. The van der Waals surface area contributed by atoms with Gasteiger partial charge in [0, 0.05) is 8.96 Å². The molecule has 0 radical (unpaired) electrons. The van der Waals surface area contributed by atoms with Crippen molar-refractivity contribution in [2.24, 2.45) is 0 Å². The Kier molecular flexibility index (Phi) is 3.58. The van der Waals surface area contributed by atoms with Gasteiger partial charge in [-0.15, -0.1) is 0 Å². The first kappa shape index (κ1) is 17.9. The van der Waals surface area contributed by atoms with Gasteiger partial charge in [0.2, 0.25) is 0 Å². The highest BCUT2D eigenvalue weighted by atomic mass is 79.9. The standard InChI is InChI=1S/C29H16Br2/c30-18-13-17-14-23-19-7-1-2-10-22(19)27(31)15-24(23)28(17)29(16-18)25-11-5-3-8-20(25)21-9-4-6-12-26(21)29/h1-16H. The second-order valence-corrected chi connectivity index (χ2v) is 10.2. The van der Waals surface area contributed by atoms with E-state index in [-0.39, 0.29) is 5.41 Å². The van der Waals surface area contributed by atoms with Crippen LogP contribution in [0, 0.1) is 0 Å². The molecule has 7 rings (SSSR count). The van der Waals surface area contributed by atoms with Crippen molar-refractivity contribution < 1.29 is 0 Å². The number of benzene rings is 4. The lowest BCUT2D eigenvalue weighted by atomic mass is 9.67. The highest BCUT2D eigenvalue weighted by Crippen LogP contribution is 2.58. The van der Waals surface area contributed by atoms with Crippen LogP contribution in [0.25, 0.3) is 33.5 Å². The number of hydrogen-bond donors (Lipinski definition) is 0. The second kappa shape index (κ2) is 6.18. The fourth-order valence-electron chi connectivity index (χ4n) is 5.82. The molecule has 0 aromatic heterocycles. The summed E-state index contributed by atoms with van der Waals surface area (Å²) in [6.45, 7) is 0. The second-order valence-electron chi connectivity index (χ2n) is 8.41. The Hall–Kier alpha value is -2.68. The minimum atomic E-state index is -0.306. The maximum absolute atomic E-state index is 3.87. The zero-order valence-corrected chi connectivity index (χ0v) is 19.7. The highest BCUT2D eigenvalue weighted by molar-refractivity contribution is 9.12. The number of halogens is 2. The van der Waals surface area contributed by atoms with Crippen LogP contribution in [0.1, 0.15) is 11.1 Å². The lowest BCUT2D eigenvalue weighted by Crippen LogP contribution is -2.34. The fourth-order valence-corrected chi connectivity index (χ4v) is 6.98. The number of allylic oxidation sites excluding steroid dienone is 4. The average molecular weight is 524 g/mol. The summed E-state index contributed by atoms with van der Waals surface area (Å²) in [7, 11) is 0. The molecule has 0 nitrogen and oxygen atoms in total. The molecule has 4 aromatic rings. The summed E-state index contributed by atoms with van der Waals surface area (Å²) in [4.78, 5) is 0. The monoisotopic (exact) mass is 522 g/mol. The van der Waals surface area contributed by atoms with Crippen molar-refractivity contribution in [3.63, 3.8) is 0 Å². The summed E-state index contributed by atoms with van der Waals surface area (Å²) in [5.41, 5.74) is 7.75. The van der Waals surface area contributed by atoms with Crippen LogP contribution in [-0.4, -0.2) is 0 Å². The Morgan fingerprint density at radius 3 is 1.97 bits per heavy atom. The Bertz CT molecular complexity index is 1600. The Morgan fingerprint density at radius 2 is 1.26 bits per heavy atom. The molecule has 0 saturated heterocycles. The summed E-state index contributed by atoms with van der Waals surface area (Å²) in [6.07, 6.45) is 7.05. The smallest absolute Gasteiger partial charge is 0.0619 e. The normalized spacial score (nSPS) is 16.9. The predicted octanol–water partition coefficient (Wildman–Crippen LogP) is 6.73. The van der Waals surface area contributed by atoms with Crippen molar-refractivity contribution in [2.45, 2.75) is 5.41 Å². The van der Waals surface area contributed by atoms with Crippen molar-refractivity contribution in [1.82, 2.24) is 0 Å². The van der Waals surface area contributed by atoms with Gasteiger partial charge in [0.05, 0.1) is 5.41 Å². The van der Waals surface area contributed by atoms with Gasteiger partial charge in [-0.3, -0.25) is 0 Å². The number of rotatable bonds is 0. The van der Waals surface area contributed by atoms with Crippen LogP contribution < -0.4 is 10.4 Å². The van der Waals surface area contributed by atoms with E-state index in [2.05, 4.69) is 129 Å². The fraction of sp³-hybridized carbons (Fsp3) is 0.0345. The highest BCUT2D eigenvalue weighted by Gasteiger charge is 2.47. The first-order chi connectivity index (χ1) is 15.2. The summed E-state index contributed by atoms with van der Waals surface area (Å²) in [5, 5.41) is 5.18.